The van der Waals surface area contributed by atoms with E-state index >= 15 is 0 Å². The highest BCUT2D eigenvalue weighted by molar-refractivity contribution is 7.80. The quantitative estimate of drug-likeness (QED) is 0.436. The van der Waals surface area contributed by atoms with Gasteiger partial charge in [-0.1, -0.05) is 20.3 Å². The van der Waals surface area contributed by atoms with Gasteiger partial charge in [-0.3, -0.25) is 9.59 Å². The van der Waals surface area contributed by atoms with Crippen molar-refractivity contribution in [3.63, 3.8) is 0 Å². The van der Waals surface area contributed by atoms with Crippen LogP contribution in [0.15, 0.2) is 0 Å². The minimum Gasteiger partial charge on any atom is -0.480 e. The molecule has 102 valence electrons. The molecule has 0 radical (unpaired) electrons. The van der Waals surface area contributed by atoms with Gasteiger partial charge in [0.1, 0.15) is 12.1 Å². The molecule has 0 aromatic carbocycles. The predicted octanol–water partition coefficient (Wildman–Crippen LogP) is 0.163. The Morgan fingerprint density at radius 3 is 1.82 bits per heavy atom. The number of rotatable bonds is 6. The van der Waals surface area contributed by atoms with Crippen molar-refractivity contribution in [1.82, 2.24) is 0 Å². The van der Waals surface area contributed by atoms with Crippen molar-refractivity contribution in [1.29, 1.82) is 0 Å². The molecular formula is C10H22N2O4S. The van der Waals surface area contributed by atoms with Gasteiger partial charge in [-0.15, -0.1) is 0 Å². The average molecular weight is 266 g/mol. The molecule has 7 heteroatoms. The van der Waals surface area contributed by atoms with Crippen molar-refractivity contribution in [2.75, 3.05) is 5.75 Å². The maximum absolute atomic E-state index is 10.2. The molecule has 0 bridgehead atoms. The van der Waals surface area contributed by atoms with Crippen molar-refractivity contribution < 1.29 is 19.8 Å². The molecule has 0 heterocycles. The van der Waals surface area contributed by atoms with E-state index in [4.69, 9.17) is 21.7 Å². The topological polar surface area (TPSA) is 127 Å². The Morgan fingerprint density at radius 2 is 1.71 bits per heavy atom. The molecule has 0 fully saturated rings. The summed E-state index contributed by atoms with van der Waals surface area (Å²) in [5.41, 5.74) is 10.3. The summed E-state index contributed by atoms with van der Waals surface area (Å²) in [5.74, 6) is -1.28. The fraction of sp³-hybridized carbons (Fsp3) is 0.800. The van der Waals surface area contributed by atoms with Crippen molar-refractivity contribution >= 4 is 24.6 Å². The first-order valence-electron chi connectivity index (χ1n) is 5.35. The minimum absolute atomic E-state index is 0.0718. The number of hydrogen-bond acceptors (Lipinski definition) is 5. The second kappa shape index (κ2) is 10.4. The lowest BCUT2D eigenvalue weighted by atomic mass is 10.0. The Bertz CT molecular complexity index is 238. The number of thiol groups is 1. The molecular weight excluding hydrogens is 244 g/mol. The molecule has 17 heavy (non-hydrogen) atoms. The number of carboxylic acids is 2. The van der Waals surface area contributed by atoms with E-state index in [1.807, 2.05) is 13.8 Å². The van der Waals surface area contributed by atoms with Gasteiger partial charge in [0.25, 0.3) is 0 Å². The van der Waals surface area contributed by atoms with Crippen LogP contribution in [-0.2, 0) is 9.59 Å². The van der Waals surface area contributed by atoms with Crippen LogP contribution in [0.1, 0.15) is 26.7 Å². The van der Waals surface area contributed by atoms with Crippen LogP contribution >= 0.6 is 12.6 Å². The van der Waals surface area contributed by atoms with Crippen molar-refractivity contribution in [2.45, 2.75) is 38.8 Å². The zero-order valence-corrected chi connectivity index (χ0v) is 11.1. The SMILES string of the molecule is CCC(C)C(N)C(=O)O.NC(CCS)C(=O)O. The van der Waals surface area contributed by atoms with Gasteiger partial charge in [-0.05, 0) is 18.1 Å². The molecule has 6 nitrogen and oxygen atoms in total. The Kier molecular flexibility index (Phi) is 11.3. The molecule has 3 atom stereocenters. The second-order valence-electron chi connectivity index (χ2n) is 3.71. The van der Waals surface area contributed by atoms with Gasteiger partial charge < -0.3 is 21.7 Å². The maximum atomic E-state index is 10.2. The number of carbonyl (C=O) groups is 2. The van der Waals surface area contributed by atoms with Crippen LogP contribution in [0.4, 0.5) is 0 Å². The van der Waals surface area contributed by atoms with Crippen LogP contribution in [-0.4, -0.2) is 40.0 Å². The Labute approximate surface area is 107 Å². The molecule has 6 N–H and O–H groups in total. The van der Waals surface area contributed by atoms with E-state index in [0.717, 1.165) is 6.42 Å². The second-order valence-corrected chi connectivity index (χ2v) is 4.15. The summed E-state index contributed by atoms with van der Waals surface area (Å²) >= 11 is 3.81. The third kappa shape index (κ3) is 10.1. The molecule has 0 saturated heterocycles. The molecule has 0 aliphatic rings. The summed E-state index contributed by atoms with van der Waals surface area (Å²) in [6.07, 6.45) is 1.24. The van der Waals surface area contributed by atoms with Crippen molar-refractivity contribution in [3.8, 4) is 0 Å². The summed E-state index contributed by atoms with van der Waals surface area (Å²) in [6, 6.07) is -1.44. The normalized spacial score (nSPS) is 15.1. The summed E-state index contributed by atoms with van der Waals surface area (Å²) in [7, 11) is 0. The lowest BCUT2D eigenvalue weighted by Gasteiger charge is -2.11. The fourth-order valence-electron chi connectivity index (χ4n) is 0.760. The van der Waals surface area contributed by atoms with Crippen LogP contribution < -0.4 is 11.5 Å². The van der Waals surface area contributed by atoms with Crippen molar-refractivity contribution in [2.24, 2.45) is 17.4 Å². The highest BCUT2D eigenvalue weighted by Crippen LogP contribution is 2.04. The van der Waals surface area contributed by atoms with Gasteiger partial charge in [-0.2, -0.15) is 12.6 Å². The van der Waals surface area contributed by atoms with E-state index in [0.29, 0.717) is 12.2 Å². The molecule has 0 aromatic rings. The minimum atomic E-state index is -0.959. The number of carboxylic acid groups (broad SMARTS) is 2. The molecule has 3 unspecified atom stereocenters. The lowest BCUT2D eigenvalue weighted by molar-refractivity contribution is -0.140. The fourth-order valence-corrected chi connectivity index (χ4v) is 1.04. The van der Waals surface area contributed by atoms with Gasteiger partial charge in [0.05, 0.1) is 0 Å². The number of aliphatic carboxylic acids is 2. The van der Waals surface area contributed by atoms with Crippen LogP contribution in [0, 0.1) is 5.92 Å². The van der Waals surface area contributed by atoms with Gasteiger partial charge >= 0.3 is 11.9 Å². The zero-order valence-electron chi connectivity index (χ0n) is 10.2. The molecule has 0 aliphatic heterocycles. The first-order valence-corrected chi connectivity index (χ1v) is 5.98. The average Bonchev–Trinajstić information content (AvgIpc) is 2.27. The molecule has 0 amide bonds. The van der Waals surface area contributed by atoms with E-state index in [1.54, 1.807) is 0 Å². The highest BCUT2D eigenvalue weighted by Gasteiger charge is 2.17. The first kappa shape index (κ1) is 18.6. The predicted molar refractivity (Wildman–Crippen MR) is 69.1 cm³/mol. The maximum Gasteiger partial charge on any atom is 0.320 e. The summed E-state index contributed by atoms with van der Waals surface area (Å²) in [6.45, 7) is 3.76. The van der Waals surface area contributed by atoms with E-state index in [-0.39, 0.29) is 5.92 Å². The van der Waals surface area contributed by atoms with Gasteiger partial charge in [0.15, 0.2) is 0 Å². The molecule has 0 saturated carbocycles. The highest BCUT2D eigenvalue weighted by atomic mass is 32.1. The lowest BCUT2D eigenvalue weighted by Crippen LogP contribution is -2.36. The van der Waals surface area contributed by atoms with Gasteiger partial charge in [0.2, 0.25) is 0 Å². The van der Waals surface area contributed by atoms with Crippen LogP contribution in [0.3, 0.4) is 0 Å². The molecule has 0 aliphatic carbocycles. The third-order valence-electron chi connectivity index (χ3n) is 2.30. The zero-order chi connectivity index (χ0) is 14.0. The third-order valence-corrected chi connectivity index (χ3v) is 2.56. The number of hydrogen-bond donors (Lipinski definition) is 5. The Hall–Kier alpha value is -0.790. The standard InChI is InChI=1S/C6H13NO2.C4H9NO2S/c1-3-4(2)5(7)6(8)9;5-3(1-2-8)4(6)7/h4-5H,3,7H2,1-2H3,(H,8,9);3,8H,1-2,5H2,(H,6,7). The van der Waals surface area contributed by atoms with E-state index in [2.05, 4.69) is 12.6 Å². The van der Waals surface area contributed by atoms with Gasteiger partial charge in [0, 0.05) is 0 Å². The Balaban J connectivity index is 0. The molecule has 0 rings (SSSR count). The summed E-state index contributed by atoms with van der Waals surface area (Å²) < 4.78 is 0. The smallest absolute Gasteiger partial charge is 0.320 e. The monoisotopic (exact) mass is 266 g/mol. The van der Waals surface area contributed by atoms with Gasteiger partial charge in [-0.25, -0.2) is 0 Å². The van der Waals surface area contributed by atoms with E-state index < -0.39 is 24.0 Å². The summed E-state index contributed by atoms with van der Waals surface area (Å²) in [4.78, 5) is 20.1. The molecule has 0 aromatic heterocycles. The Morgan fingerprint density at radius 1 is 1.24 bits per heavy atom. The van der Waals surface area contributed by atoms with E-state index in [9.17, 15) is 9.59 Å². The summed E-state index contributed by atoms with van der Waals surface area (Å²) in [5, 5.41) is 16.5. The van der Waals surface area contributed by atoms with Crippen molar-refractivity contribution in [3.05, 3.63) is 0 Å². The van der Waals surface area contributed by atoms with Crippen LogP contribution in [0.2, 0.25) is 0 Å². The van der Waals surface area contributed by atoms with Crippen LogP contribution in [0.5, 0.6) is 0 Å². The molecule has 0 spiro atoms. The largest absolute Gasteiger partial charge is 0.480 e. The number of nitrogens with two attached hydrogens (primary N) is 2. The van der Waals surface area contributed by atoms with E-state index in [1.165, 1.54) is 0 Å². The first-order chi connectivity index (χ1) is 7.77. The van der Waals surface area contributed by atoms with Crippen LogP contribution in [0.25, 0.3) is 0 Å².